The lowest BCUT2D eigenvalue weighted by atomic mass is 10.3. The fourth-order valence-corrected chi connectivity index (χ4v) is 1.19. The molecular weight excluding hydrogens is 231 g/mol. The third-order valence-corrected chi connectivity index (χ3v) is 1.81. The second-order valence-electron chi connectivity index (χ2n) is 2.83. The number of nitrogens with one attached hydrogen (secondary N) is 1. The van der Waals surface area contributed by atoms with Crippen LogP contribution in [0.15, 0.2) is 18.2 Å². The van der Waals surface area contributed by atoms with Crippen molar-refractivity contribution in [3.8, 4) is 0 Å². The molecule has 1 aromatic heterocycles. The standard InChI is InChI=1S/C8H6F3N3.ClH/c9-8(10,11)7-13-5-3-1-2-4(12)6(5)14-7;/h1-3H,12H2,(H,13,14);1H/p-1. The van der Waals surface area contributed by atoms with Crippen LogP contribution in [0.25, 0.3) is 11.0 Å². The van der Waals surface area contributed by atoms with Gasteiger partial charge in [0.05, 0.1) is 11.2 Å². The maximum absolute atomic E-state index is 12.2. The summed E-state index contributed by atoms with van der Waals surface area (Å²) in [6.45, 7) is 0. The zero-order valence-electron chi connectivity index (χ0n) is 7.27. The fraction of sp³-hybridized carbons (Fsp3) is 0.125. The van der Waals surface area contributed by atoms with Crippen LogP contribution in [0.2, 0.25) is 0 Å². The number of aromatic nitrogens is 2. The van der Waals surface area contributed by atoms with Gasteiger partial charge in [0.25, 0.3) is 0 Å². The Morgan fingerprint density at radius 2 is 1.93 bits per heavy atom. The number of nitrogen functional groups attached to an aromatic ring is 1. The molecular formula is C8H6ClF3N3-. The lowest BCUT2D eigenvalue weighted by Crippen LogP contribution is -3.00. The Bertz CT molecular complexity index is 477. The molecule has 0 atom stereocenters. The number of fused-ring (bicyclic) bond motifs is 1. The summed E-state index contributed by atoms with van der Waals surface area (Å²) in [6.07, 6.45) is -4.47. The predicted molar refractivity (Wildman–Crippen MR) is 45.5 cm³/mol. The molecule has 0 fully saturated rings. The number of nitrogens with zero attached hydrogens (tertiary/aromatic N) is 1. The Balaban J connectivity index is 0.00000112. The summed E-state index contributed by atoms with van der Waals surface area (Å²) in [6, 6.07) is 4.56. The normalized spacial score (nSPS) is 11.4. The summed E-state index contributed by atoms with van der Waals surface area (Å²) < 4.78 is 36.7. The molecule has 0 unspecified atom stereocenters. The van der Waals surface area contributed by atoms with Crippen LogP contribution in [0.4, 0.5) is 18.9 Å². The SMILES string of the molecule is Nc1cccc2[nH]c(C(F)(F)F)nc12.[Cl-]. The van der Waals surface area contributed by atoms with Gasteiger partial charge in [-0.05, 0) is 12.1 Å². The van der Waals surface area contributed by atoms with Crippen LogP contribution < -0.4 is 18.1 Å². The molecule has 15 heavy (non-hydrogen) atoms. The second kappa shape index (κ2) is 3.62. The van der Waals surface area contributed by atoms with Crippen LogP contribution in [0.5, 0.6) is 0 Å². The highest BCUT2D eigenvalue weighted by molar-refractivity contribution is 5.86. The fourth-order valence-electron chi connectivity index (χ4n) is 1.19. The van der Waals surface area contributed by atoms with Crippen LogP contribution in [-0.2, 0) is 6.18 Å². The van der Waals surface area contributed by atoms with E-state index < -0.39 is 12.0 Å². The van der Waals surface area contributed by atoms with Gasteiger partial charge in [-0.15, -0.1) is 0 Å². The highest BCUT2D eigenvalue weighted by Crippen LogP contribution is 2.29. The first-order chi connectivity index (χ1) is 6.48. The van der Waals surface area contributed by atoms with Gasteiger partial charge in [-0.25, -0.2) is 4.98 Å². The predicted octanol–water partition coefficient (Wildman–Crippen LogP) is -0.832. The molecule has 2 aromatic rings. The van der Waals surface area contributed by atoms with Crippen LogP contribution in [0, 0.1) is 0 Å². The Morgan fingerprint density at radius 3 is 2.47 bits per heavy atom. The van der Waals surface area contributed by atoms with E-state index in [4.69, 9.17) is 5.73 Å². The summed E-state index contributed by atoms with van der Waals surface area (Å²) in [5, 5.41) is 0. The summed E-state index contributed by atoms with van der Waals surface area (Å²) in [4.78, 5) is 5.54. The Labute approximate surface area is 88.9 Å². The molecule has 0 saturated carbocycles. The molecule has 0 saturated heterocycles. The van der Waals surface area contributed by atoms with Crippen molar-refractivity contribution < 1.29 is 25.6 Å². The maximum atomic E-state index is 12.2. The van der Waals surface area contributed by atoms with Crippen LogP contribution in [0.3, 0.4) is 0 Å². The number of imidazole rings is 1. The van der Waals surface area contributed by atoms with Gasteiger partial charge in [0.2, 0.25) is 5.82 Å². The van der Waals surface area contributed by atoms with Gasteiger partial charge in [0, 0.05) is 0 Å². The molecule has 0 bridgehead atoms. The number of nitrogens with two attached hydrogens (primary N) is 1. The molecule has 3 N–H and O–H groups in total. The molecule has 0 aliphatic carbocycles. The largest absolute Gasteiger partial charge is 1.00 e. The molecule has 0 aliphatic rings. The van der Waals surface area contributed by atoms with E-state index in [9.17, 15) is 13.2 Å². The molecule has 3 nitrogen and oxygen atoms in total. The topological polar surface area (TPSA) is 54.7 Å². The number of aromatic amines is 1. The lowest BCUT2D eigenvalue weighted by Gasteiger charge is -1.98. The monoisotopic (exact) mass is 236 g/mol. The number of hydrogen-bond donors (Lipinski definition) is 2. The summed E-state index contributed by atoms with van der Waals surface area (Å²) in [5.41, 5.74) is 6.14. The van der Waals surface area contributed by atoms with E-state index in [1.54, 1.807) is 6.07 Å². The third-order valence-electron chi connectivity index (χ3n) is 1.81. The minimum absolute atomic E-state index is 0. The minimum Gasteiger partial charge on any atom is -1.00 e. The average Bonchev–Trinajstić information content (AvgIpc) is 2.48. The van der Waals surface area contributed by atoms with Crippen molar-refractivity contribution in [2.75, 3.05) is 5.73 Å². The molecule has 0 spiro atoms. The van der Waals surface area contributed by atoms with Crippen LogP contribution >= 0.6 is 0 Å². The van der Waals surface area contributed by atoms with Crippen molar-refractivity contribution in [2.45, 2.75) is 6.18 Å². The van der Waals surface area contributed by atoms with Crippen LogP contribution in [-0.4, -0.2) is 9.97 Å². The first kappa shape index (κ1) is 11.6. The van der Waals surface area contributed by atoms with Gasteiger partial charge in [0.15, 0.2) is 0 Å². The average molecular weight is 237 g/mol. The highest BCUT2D eigenvalue weighted by Gasteiger charge is 2.34. The van der Waals surface area contributed by atoms with E-state index in [2.05, 4.69) is 9.97 Å². The van der Waals surface area contributed by atoms with E-state index in [1.165, 1.54) is 12.1 Å². The summed E-state index contributed by atoms with van der Waals surface area (Å²) in [7, 11) is 0. The van der Waals surface area contributed by atoms with Gasteiger partial charge in [-0.2, -0.15) is 13.2 Å². The molecule has 0 radical (unpaired) electrons. The quantitative estimate of drug-likeness (QED) is 0.587. The summed E-state index contributed by atoms with van der Waals surface area (Å²) in [5.74, 6) is -1.02. The Kier molecular flexibility index (Phi) is 2.81. The van der Waals surface area contributed by atoms with E-state index in [0.717, 1.165) is 0 Å². The summed E-state index contributed by atoms with van der Waals surface area (Å²) >= 11 is 0. The molecule has 7 heteroatoms. The van der Waals surface area contributed by atoms with Gasteiger partial charge >= 0.3 is 6.18 Å². The van der Waals surface area contributed by atoms with Gasteiger partial charge in [0.1, 0.15) is 5.52 Å². The van der Waals surface area contributed by atoms with Gasteiger partial charge in [-0.3, -0.25) is 0 Å². The van der Waals surface area contributed by atoms with E-state index >= 15 is 0 Å². The lowest BCUT2D eigenvalue weighted by molar-refractivity contribution is -0.144. The number of H-pyrrole nitrogens is 1. The molecule has 1 aromatic carbocycles. The van der Waals surface area contributed by atoms with Gasteiger partial charge < -0.3 is 23.1 Å². The molecule has 0 aliphatic heterocycles. The maximum Gasteiger partial charge on any atom is 0.449 e. The molecule has 0 amide bonds. The zero-order valence-corrected chi connectivity index (χ0v) is 8.02. The van der Waals surface area contributed by atoms with E-state index in [-0.39, 0.29) is 29.1 Å². The van der Waals surface area contributed by atoms with Crippen LogP contribution in [0.1, 0.15) is 5.82 Å². The number of halogens is 4. The second-order valence-corrected chi connectivity index (χ2v) is 2.83. The smallest absolute Gasteiger partial charge is 0.449 e. The molecule has 1 heterocycles. The van der Waals surface area contributed by atoms with Crippen molar-refractivity contribution in [3.05, 3.63) is 24.0 Å². The van der Waals surface area contributed by atoms with Crippen molar-refractivity contribution in [2.24, 2.45) is 0 Å². The first-order valence-electron chi connectivity index (χ1n) is 3.80. The number of hydrogen-bond acceptors (Lipinski definition) is 2. The molecule has 2 rings (SSSR count). The third kappa shape index (κ3) is 1.99. The van der Waals surface area contributed by atoms with Crippen molar-refractivity contribution in [1.82, 2.24) is 9.97 Å². The van der Waals surface area contributed by atoms with Gasteiger partial charge in [-0.1, -0.05) is 6.07 Å². The minimum atomic E-state index is -4.47. The number of para-hydroxylation sites is 1. The zero-order chi connectivity index (χ0) is 10.3. The van der Waals surface area contributed by atoms with Crippen molar-refractivity contribution in [1.29, 1.82) is 0 Å². The highest BCUT2D eigenvalue weighted by atomic mass is 35.5. The number of rotatable bonds is 0. The van der Waals surface area contributed by atoms with Crippen molar-refractivity contribution >= 4 is 16.7 Å². The van der Waals surface area contributed by atoms with E-state index in [0.29, 0.717) is 0 Å². The number of anilines is 1. The number of benzene rings is 1. The molecule has 82 valence electrons. The first-order valence-corrected chi connectivity index (χ1v) is 3.80. The van der Waals surface area contributed by atoms with E-state index in [1.807, 2.05) is 0 Å². The Hall–Kier alpha value is -1.43. The number of alkyl halides is 3. The van der Waals surface area contributed by atoms with Crippen molar-refractivity contribution in [3.63, 3.8) is 0 Å². The Morgan fingerprint density at radius 1 is 1.27 bits per heavy atom.